The van der Waals surface area contributed by atoms with E-state index in [-0.39, 0.29) is 12.1 Å². The van der Waals surface area contributed by atoms with E-state index < -0.39 is 0 Å². The molecule has 0 aliphatic rings. The van der Waals surface area contributed by atoms with E-state index in [0.29, 0.717) is 6.42 Å². The Balaban J connectivity index is 2.14. The van der Waals surface area contributed by atoms with Gasteiger partial charge in [0.2, 0.25) is 0 Å². The van der Waals surface area contributed by atoms with Crippen molar-refractivity contribution in [3.05, 3.63) is 71.3 Å². The van der Waals surface area contributed by atoms with Crippen molar-refractivity contribution in [1.82, 2.24) is 5.32 Å². The van der Waals surface area contributed by atoms with Crippen molar-refractivity contribution < 1.29 is 0 Å². The Labute approximate surface area is 121 Å². The van der Waals surface area contributed by atoms with Gasteiger partial charge in [0, 0.05) is 12.1 Å². The molecule has 0 fully saturated rings. The molecule has 0 radical (unpaired) electrons. The first-order valence-electron chi connectivity index (χ1n) is 6.95. The van der Waals surface area contributed by atoms with Gasteiger partial charge in [0.1, 0.15) is 0 Å². The van der Waals surface area contributed by atoms with E-state index in [1.807, 2.05) is 18.2 Å². The van der Waals surface area contributed by atoms with E-state index in [1.54, 1.807) is 0 Å². The number of hydrogen-bond donors (Lipinski definition) is 1. The largest absolute Gasteiger partial charge is 0.302 e. The summed E-state index contributed by atoms with van der Waals surface area (Å²) >= 11 is 0. The van der Waals surface area contributed by atoms with Gasteiger partial charge < -0.3 is 5.32 Å². The molecule has 0 saturated carbocycles. The summed E-state index contributed by atoms with van der Waals surface area (Å²) in [6.45, 7) is 4.24. The van der Waals surface area contributed by atoms with Crippen molar-refractivity contribution in [1.29, 1.82) is 5.26 Å². The molecule has 20 heavy (non-hydrogen) atoms. The highest BCUT2D eigenvalue weighted by Gasteiger charge is 2.15. The molecule has 0 bridgehead atoms. The maximum atomic E-state index is 9.04. The minimum atomic E-state index is 0.0664. The molecule has 102 valence electrons. The average Bonchev–Trinajstić information content (AvgIpc) is 2.47. The third-order valence-electron chi connectivity index (χ3n) is 3.49. The van der Waals surface area contributed by atoms with Crippen LogP contribution < -0.4 is 5.32 Å². The summed E-state index contributed by atoms with van der Waals surface area (Å²) in [7, 11) is 0. The molecule has 2 nitrogen and oxygen atoms in total. The zero-order valence-corrected chi connectivity index (χ0v) is 12.0. The quantitative estimate of drug-likeness (QED) is 0.874. The van der Waals surface area contributed by atoms with E-state index in [4.69, 9.17) is 5.26 Å². The van der Waals surface area contributed by atoms with E-state index in [2.05, 4.69) is 61.6 Å². The highest BCUT2D eigenvalue weighted by Crippen LogP contribution is 2.22. The first-order chi connectivity index (χ1) is 9.70. The molecule has 2 heteroatoms. The fourth-order valence-electron chi connectivity index (χ4n) is 2.39. The lowest BCUT2D eigenvalue weighted by Gasteiger charge is -2.22. The van der Waals surface area contributed by atoms with Crippen LogP contribution in [0.1, 0.15) is 42.1 Å². The number of nitrogens with one attached hydrogen (secondary N) is 1. The molecule has 0 amide bonds. The van der Waals surface area contributed by atoms with Gasteiger partial charge >= 0.3 is 0 Å². The fraction of sp³-hybridized carbons (Fsp3) is 0.278. The summed E-state index contributed by atoms with van der Waals surface area (Å²) in [6, 6.07) is 21.2. The Kier molecular flexibility index (Phi) is 4.92. The van der Waals surface area contributed by atoms with Crippen LogP contribution in [0.3, 0.4) is 0 Å². The molecule has 0 aliphatic carbocycles. The van der Waals surface area contributed by atoms with E-state index >= 15 is 0 Å². The third-order valence-corrected chi connectivity index (χ3v) is 3.49. The Morgan fingerprint density at radius 1 is 1.05 bits per heavy atom. The van der Waals surface area contributed by atoms with Crippen LogP contribution in [0.2, 0.25) is 0 Å². The molecule has 0 saturated heterocycles. The highest BCUT2D eigenvalue weighted by molar-refractivity contribution is 5.26. The topological polar surface area (TPSA) is 35.8 Å². The first kappa shape index (κ1) is 14.3. The lowest BCUT2D eigenvalue weighted by atomic mass is 10.0. The zero-order chi connectivity index (χ0) is 14.4. The standard InChI is InChI=1S/C18H20N2/c1-14-7-6-10-17(13-14)15(2)20-18(11-12-19)16-8-4-3-5-9-16/h3-10,13,15,18,20H,11H2,1-2H3/t15-,18?/m1/s1. The van der Waals surface area contributed by atoms with Crippen molar-refractivity contribution in [2.75, 3.05) is 0 Å². The lowest BCUT2D eigenvalue weighted by Crippen LogP contribution is -2.24. The van der Waals surface area contributed by atoms with E-state index in [1.165, 1.54) is 11.1 Å². The second-order valence-corrected chi connectivity index (χ2v) is 5.13. The number of nitrogens with zero attached hydrogens (tertiary/aromatic N) is 1. The summed E-state index contributed by atoms with van der Waals surface area (Å²) in [5, 5.41) is 12.6. The molecule has 2 rings (SSSR count). The lowest BCUT2D eigenvalue weighted by molar-refractivity contribution is 0.472. The van der Waals surface area contributed by atoms with Gasteiger partial charge in [0.25, 0.3) is 0 Å². The van der Waals surface area contributed by atoms with Crippen molar-refractivity contribution >= 4 is 0 Å². The minimum absolute atomic E-state index is 0.0664. The van der Waals surface area contributed by atoms with Crippen LogP contribution in [0, 0.1) is 18.3 Å². The van der Waals surface area contributed by atoms with Crippen LogP contribution in [0.5, 0.6) is 0 Å². The molecule has 2 aromatic rings. The minimum Gasteiger partial charge on any atom is -0.302 e. The average molecular weight is 264 g/mol. The molecular weight excluding hydrogens is 244 g/mol. The smallest absolute Gasteiger partial charge is 0.0641 e. The van der Waals surface area contributed by atoms with E-state index in [0.717, 1.165) is 5.56 Å². The summed E-state index contributed by atoms with van der Waals surface area (Å²) < 4.78 is 0. The van der Waals surface area contributed by atoms with Crippen molar-refractivity contribution in [2.45, 2.75) is 32.4 Å². The third kappa shape index (κ3) is 3.69. The number of benzene rings is 2. The predicted molar refractivity (Wildman–Crippen MR) is 82.1 cm³/mol. The molecule has 1 N–H and O–H groups in total. The molecule has 2 aromatic carbocycles. The van der Waals surface area contributed by atoms with Gasteiger partial charge in [-0.3, -0.25) is 0 Å². The SMILES string of the molecule is Cc1cccc([C@@H](C)NC(CC#N)c2ccccc2)c1. The van der Waals surface area contributed by atoms with Crippen LogP contribution in [0.25, 0.3) is 0 Å². The normalized spacial score (nSPS) is 13.4. The Morgan fingerprint density at radius 2 is 1.75 bits per heavy atom. The summed E-state index contributed by atoms with van der Waals surface area (Å²) in [6.07, 6.45) is 0.472. The van der Waals surface area contributed by atoms with Gasteiger partial charge in [-0.1, -0.05) is 60.2 Å². The Hall–Kier alpha value is -2.11. The van der Waals surface area contributed by atoms with Crippen LogP contribution in [-0.2, 0) is 0 Å². The van der Waals surface area contributed by atoms with Gasteiger partial charge in [0.05, 0.1) is 12.5 Å². The maximum Gasteiger partial charge on any atom is 0.0641 e. The first-order valence-corrected chi connectivity index (χ1v) is 6.95. The highest BCUT2D eigenvalue weighted by atomic mass is 14.9. The number of rotatable bonds is 5. The Bertz CT molecular complexity index is 584. The monoisotopic (exact) mass is 264 g/mol. The summed E-state index contributed by atoms with van der Waals surface area (Å²) in [5.41, 5.74) is 3.67. The van der Waals surface area contributed by atoms with Crippen LogP contribution in [0.4, 0.5) is 0 Å². The second kappa shape index (κ2) is 6.88. The Morgan fingerprint density at radius 3 is 2.40 bits per heavy atom. The van der Waals surface area contributed by atoms with Crippen LogP contribution in [-0.4, -0.2) is 0 Å². The van der Waals surface area contributed by atoms with Gasteiger partial charge in [-0.25, -0.2) is 0 Å². The maximum absolute atomic E-state index is 9.04. The van der Waals surface area contributed by atoms with Crippen LogP contribution in [0.15, 0.2) is 54.6 Å². The number of nitriles is 1. The molecule has 2 atom stereocenters. The summed E-state index contributed by atoms with van der Waals surface area (Å²) in [5.74, 6) is 0. The van der Waals surface area contributed by atoms with Crippen molar-refractivity contribution in [3.8, 4) is 6.07 Å². The fourth-order valence-corrected chi connectivity index (χ4v) is 2.39. The van der Waals surface area contributed by atoms with Crippen molar-refractivity contribution in [2.24, 2.45) is 0 Å². The van der Waals surface area contributed by atoms with Crippen molar-refractivity contribution in [3.63, 3.8) is 0 Å². The zero-order valence-electron chi connectivity index (χ0n) is 12.0. The van der Waals surface area contributed by atoms with Gasteiger partial charge in [-0.15, -0.1) is 0 Å². The second-order valence-electron chi connectivity index (χ2n) is 5.13. The molecule has 1 unspecified atom stereocenters. The summed E-state index contributed by atoms with van der Waals surface area (Å²) in [4.78, 5) is 0. The van der Waals surface area contributed by atoms with Gasteiger partial charge in [0.15, 0.2) is 0 Å². The van der Waals surface area contributed by atoms with Gasteiger partial charge in [-0.05, 0) is 25.0 Å². The molecule has 0 spiro atoms. The molecule has 0 heterocycles. The molecule has 0 aromatic heterocycles. The molecular formula is C18H20N2. The number of hydrogen-bond acceptors (Lipinski definition) is 2. The van der Waals surface area contributed by atoms with Crippen LogP contribution >= 0.6 is 0 Å². The predicted octanol–water partition coefficient (Wildman–Crippen LogP) is 4.30. The molecule has 0 aliphatic heterocycles. The van der Waals surface area contributed by atoms with Gasteiger partial charge in [-0.2, -0.15) is 5.26 Å². The number of aryl methyl sites for hydroxylation is 1. The van der Waals surface area contributed by atoms with E-state index in [9.17, 15) is 0 Å².